The van der Waals surface area contributed by atoms with Crippen molar-refractivity contribution in [3.05, 3.63) is 63.1 Å². The van der Waals surface area contributed by atoms with Crippen LogP contribution in [-0.4, -0.2) is 17.2 Å². The maximum atomic E-state index is 14.1. The predicted molar refractivity (Wildman–Crippen MR) is 101 cm³/mol. The van der Waals surface area contributed by atoms with Gasteiger partial charge in [-0.3, -0.25) is 4.79 Å². The lowest BCUT2D eigenvalue weighted by Crippen LogP contribution is -2.59. The third-order valence-corrected chi connectivity index (χ3v) is 5.18. The molecule has 1 aromatic carbocycles. The fourth-order valence-electron chi connectivity index (χ4n) is 3.39. The summed E-state index contributed by atoms with van der Waals surface area (Å²) in [4.78, 5) is 26.7. The number of pyridine rings is 1. The number of hydrogen-bond acceptors (Lipinski definition) is 2. The number of urea groups is 1. The molecule has 1 saturated carbocycles. The van der Waals surface area contributed by atoms with E-state index in [9.17, 15) is 22.8 Å². The number of aromatic nitrogens is 1. The van der Waals surface area contributed by atoms with E-state index < -0.39 is 17.7 Å². The number of H-pyrrole nitrogens is 1. The molecule has 1 aromatic heterocycles. The molecule has 2 aromatic rings. The first-order chi connectivity index (χ1) is 13.7. The summed E-state index contributed by atoms with van der Waals surface area (Å²) in [6, 6.07) is 5.11. The maximum absolute atomic E-state index is 14.1. The lowest BCUT2D eigenvalue weighted by atomic mass is 9.85. The van der Waals surface area contributed by atoms with Gasteiger partial charge in [0.15, 0.2) is 0 Å². The molecule has 0 saturated heterocycles. The fourth-order valence-corrected chi connectivity index (χ4v) is 3.39. The van der Waals surface area contributed by atoms with Crippen molar-refractivity contribution in [1.82, 2.24) is 10.3 Å². The summed E-state index contributed by atoms with van der Waals surface area (Å²) < 4.78 is 42.2. The van der Waals surface area contributed by atoms with E-state index in [4.69, 9.17) is 0 Å². The summed E-state index contributed by atoms with van der Waals surface area (Å²) in [5, 5.41) is 4.43. The third-order valence-electron chi connectivity index (χ3n) is 5.18. The number of carbonyl (C=O) groups excluding carboxylic acids is 1. The second-order valence-corrected chi connectivity index (χ2v) is 7.40. The van der Waals surface area contributed by atoms with Gasteiger partial charge in [0.1, 0.15) is 0 Å². The van der Waals surface area contributed by atoms with Gasteiger partial charge in [0.05, 0.1) is 0 Å². The number of rotatable bonds is 2. The van der Waals surface area contributed by atoms with Crippen LogP contribution in [0.4, 0.5) is 23.7 Å². The highest BCUT2D eigenvalue weighted by atomic mass is 19.4. The van der Waals surface area contributed by atoms with E-state index in [-0.39, 0.29) is 29.1 Å². The highest BCUT2D eigenvalue weighted by molar-refractivity contribution is 5.95. The SMILES string of the molecule is Cc1cc[nH]c(=O)c1Cc1ccc2c(c1)NC(=O)NC2(C#CC1CC1)C(F)(F)F. The number of halogens is 3. The largest absolute Gasteiger partial charge is 0.427 e. The Hall–Kier alpha value is -3.21. The normalized spacial score (nSPS) is 20.8. The molecule has 1 aliphatic carbocycles. The number of aryl methyl sites for hydroxylation is 1. The maximum Gasteiger partial charge on any atom is 0.427 e. The third kappa shape index (κ3) is 3.48. The van der Waals surface area contributed by atoms with Crippen LogP contribution in [0.3, 0.4) is 0 Å². The van der Waals surface area contributed by atoms with Gasteiger partial charge in [0.25, 0.3) is 5.56 Å². The first kappa shape index (κ1) is 19.1. The standard InChI is InChI=1S/C21H18F3N3O2/c1-12-7-9-25-18(28)15(12)10-14-4-5-16-17(11-14)26-19(29)27-20(16,21(22,23)24)8-6-13-2-3-13/h4-5,7,9,11,13H,2-3,10H2,1H3,(H,25,28)(H2,26,27,29). The summed E-state index contributed by atoms with van der Waals surface area (Å²) in [5.74, 6) is 4.90. The van der Waals surface area contributed by atoms with E-state index in [0.717, 1.165) is 18.4 Å². The van der Waals surface area contributed by atoms with Gasteiger partial charge >= 0.3 is 12.2 Å². The molecule has 29 heavy (non-hydrogen) atoms. The quantitative estimate of drug-likeness (QED) is 0.673. The van der Waals surface area contributed by atoms with Crippen molar-refractivity contribution in [2.75, 3.05) is 5.32 Å². The van der Waals surface area contributed by atoms with E-state index in [1.54, 1.807) is 13.0 Å². The Morgan fingerprint density at radius 3 is 2.62 bits per heavy atom. The molecule has 1 atom stereocenters. The Balaban J connectivity index is 1.79. The molecule has 0 spiro atoms. The lowest BCUT2D eigenvalue weighted by molar-refractivity contribution is -0.178. The van der Waals surface area contributed by atoms with Crippen LogP contribution < -0.4 is 16.2 Å². The lowest BCUT2D eigenvalue weighted by Gasteiger charge is -2.37. The van der Waals surface area contributed by atoms with Crippen molar-refractivity contribution in [2.45, 2.75) is 37.9 Å². The van der Waals surface area contributed by atoms with Crippen molar-refractivity contribution in [1.29, 1.82) is 0 Å². The van der Waals surface area contributed by atoms with Gasteiger partial charge in [0, 0.05) is 35.3 Å². The zero-order valence-corrected chi connectivity index (χ0v) is 15.5. The van der Waals surface area contributed by atoms with E-state index >= 15 is 0 Å². The molecule has 3 N–H and O–H groups in total. The summed E-state index contributed by atoms with van der Waals surface area (Å²) in [7, 11) is 0. The zero-order chi connectivity index (χ0) is 20.8. The highest BCUT2D eigenvalue weighted by Crippen LogP contribution is 2.44. The monoisotopic (exact) mass is 401 g/mol. The zero-order valence-electron chi connectivity index (χ0n) is 15.5. The number of nitrogens with one attached hydrogen (secondary N) is 3. The molecule has 8 heteroatoms. The Morgan fingerprint density at radius 2 is 1.97 bits per heavy atom. The number of anilines is 1. The minimum Gasteiger partial charge on any atom is -0.329 e. The van der Waals surface area contributed by atoms with Crippen LogP contribution in [0, 0.1) is 24.7 Å². The van der Waals surface area contributed by atoms with Crippen LogP contribution in [0.2, 0.25) is 0 Å². The Morgan fingerprint density at radius 1 is 1.21 bits per heavy atom. The number of alkyl halides is 3. The van der Waals surface area contributed by atoms with Crippen molar-refractivity contribution in [2.24, 2.45) is 5.92 Å². The van der Waals surface area contributed by atoms with Gasteiger partial charge in [0.2, 0.25) is 5.54 Å². The summed E-state index contributed by atoms with van der Waals surface area (Å²) in [6.07, 6.45) is -1.49. The summed E-state index contributed by atoms with van der Waals surface area (Å²) in [6.45, 7) is 1.79. The number of carbonyl (C=O) groups is 1. The molecule has 0 radical (unpaired) electrons. The molecule has 150 valence electrons. The van der Waals surface area contributed by atoms with Crippen LogP contribution in [0.1, 0.15) is 35.1 Å². The van der Waals surface area contributed by atoms with E-state index in [2.05, 4.69) is 22.1 Å². The molecule has 0 bridgehead atoms. The predicted octanol–water partition coefficient (Wildman–Crippen LogP) is 3.58. The van der Waals surface area contributed by atoms with E-state index in [1.807, 2.05) is 5.32 Å². The Kier molecular flexibility index (Phi) is 4.41. The smallest absolute Gasteiger partial charge is 0.329 e. The number of fused-ring (bicyclic) bond motifs is 1. The first-order valence-electron chi connectivity index (χ1n) is 9.19. The summed E-state index contributed by atoms with van der Waals surface area (Å²) >= 11 is 0. The molecule has 1 fully saturated rings. The topological polar surface area (TPSA) is 74.0 Å². The molecule has 2 aliphatic rings. The van der Waals surface area contributed by atoms with Crippen LogP contribution in [0.15, 0.2) is 35.3 Å². The molecule has 1 aliphatic heterocycles. The van der Waals surface area contributed by atoms with Crippen LogP contribution in [-0.2, 0) is 12.0 Å². The van der Waals surface area contributed by atoms with Gasteiger partial charge in [-0.15, -0.1) is 0 Å². The average Bonchev–Trinajstić information content (AvgIpc) is 3.46. The van der Waals surface area contributed by atoms with E-state index in [1.165, 1.54) is 24.4 Å². The van der Waals surface area contributed by atoms with Gasteiger partial charge in [-0.1, -0.05) is 24.0 Å². The fraction of sp³-hybridized carbons (Fsp3) is 0.333. The minimum absolute atomic E-state index is 0.0404. The Bertz CT molecular complexity index is 1110. The van der Waals surface area contributed by atoms with Gasteiger partial charge < -0.3 is 15.6 Å². The number of hydrogen-bond donors (Lipinski definition) is 3. The van der Waals surface area contributed by atoms with Crippen LogP contribution in [0.25, 0.3) is 0 Å². The van der Waals surface area contributed by atoms with Gasteiger partial charge in [-0.2, -0.15) is 13.2 Å². The van der Waals surface area contributed by atoms with Crippen molar-refractivity contribution in [3.8, 4) is 11.8 Å². The second-order valence-electron chi connectivity index (χ2n) is 7.40. The van der Waals surface area contributed by atoms with Crippen LogP contribution >= 0.6 is 0 Å². The average molecular weight is 401 g/mol. The molecule has 4 rings (SSSR count). The Labute approximate surface area is 164 Å². The molecule has 2 heterocycles. The molecular weight excluding hydrogens is 383 g/mol. The highest BCUT2D eigenvalue weighted by Gasteiger charge is 2.59. The summed E-state index contributed by atoms with van der Waals surface area (Å²) in [5.41, 5.74) is -1.23. The molecule has 5 nitrogen and oxygen atoms in total. The number of amides is 2. The molecule has 2 amide bonds. The minimum atomic E-state index is -4.80. The number of benzene rings is 1. The van der Waals surface area contributed by atoms with E-state index in [0.29, 0.717) is 11.1 Å². The first-order valence-corrected chi connectivity index (χ1v) is 9.19. The van der Waals surface area contributed by atoms with Crippen LogP contribution in [0.5, 0.6) is 0 Å². The van der Waals surface area contributed by atoms with Crippen molar-refractivity contribution < 1.29 is 18.0 Å². The van der Waals surface area contributed by atoms with Gasteiger partial charge in [-0.25, -0.2) is 4.79 Å². The van der Waals surface area contributed by atoms with Crippen molar-refractivity contribution in [3.63, 3.8) is 0 Å². The van der Waals surface area contributed by atoms with Gasteiger partial charge in [-0.05, 0) is 43.0 Å². The van der Waals surface area contributed by atoms with Crippen molar-refractivity contribution >= 4 is 11.7 Å². The number of aromatic amines is 1. The molecular formula is C21H18F3N3O2. The molecule has 1 unspecified atom stereocenters. The second kappa shape index (κ2) is 6.69.